The molecule has 98 valence electrons. The first-order valence-corrected chi connectivity index (χ1v) is 6.35. The molecule has 7 nitrogen and oxygen atoms in total. The Kier molecular flexibility index (Phi) is 3.79. The second-order valence-electron chi connectivity index (χ2n) is 3.80. The van der Waals surface area contributed by atoms with Gasteiger partial charge in [-0.25, -0.2) is 9.66 Å². The number of hydrogen-bond acceptors (Lipinski definition) is 5. The second kappa shape index (κ2) is 5.34. The highest BCUT2D eigenvalue weighted by Crippen LogP contribution is 2.21. The van der Waals surface area contributed by atoms with Crippen LogP contribution in [0.3, 0.4) is 0 Å². The Bertz CT molecular complexity index is 665. The minimum Gasteiger partial charge on any atom is -0.368 e. The number of aromatic nitrogens is 2. The fourth-order valence-electron chi connectivity index (χ4n) is 1.48. The van der Waals surface area contributed by atoms with Gasteiger partial charge in [0.2, 0.25) is 5.95 Å². The molecule has 0 saturated carbocycles. The van der Waals surface area contributed by atoms with E-state index in [9.17, 15) is 10.1 Å². The summed E-state index contributed by atoms with van der Waals surface area (Å²) in [5, 5.41) is 14.9. The van der Waals surface area contributed by atoms with Crippen molar-refractivity contribution in [1.29, 1.82) is 0 Å². The minimum atomic E-state index is -0.422. The van der Waals surface area contributed by atoms with Gasteiger partial charge in [-0.2, -0.15) is 5.10 Å². The lowest BCUT2D eigenvalue weighted by Gasteiger charge is -1.98. The van der Waals surface area contributed by atoms with Gasteiger partial charge in [0, 0.05) is 11.6 Å². The summed E-state index contributed by atoms with van der Waals surface area (Å²) in [6, 6.07) is 4.88. The summed E-state index contributed by atoms with van der Waals surface area (Å²) in [5.74, 6) is 0.272. The van der Waals surface area contributed by atoms with E-state index >= 15 is 0 Å². The number of halogens is 1. The monoisotopic (exact) mass is 371 g/mol. The third-order valence-electron chi connectivity index (χ3n) is 2.33. The maximum absolute atomic E-state index is 10.8. The average Bonchev–Trinajstić information content (AvgIpc) is 2.66. The normalized spacial score (nSPS) is 11.1. The number of anilines is 1. The van der Waals surface area contributed by atoms with Crippen LogP contribution in [-0.2, 0) is 0 Å². The molecule has 0 aliphatic carbocycles. The van der Waals surface area contributed by atoms with Crippen LogP contribution in [0, 0.1) is 20.6 Å². The van der Waals surface area contributed by atoms with Crippen LogP contribution in [0.4, 0.5) is 11.6 Å². The van der Waals surface area contributed by atoms with Crippen LogP contribution >= 0.6 is 22.6 Å². The molecule has 0 amide bonds. The standard InChI is InChI=1S/C11H10IN5O2/c1-7-6-16(11(13)15-7)14-5-8-2-3-9(12)10(4-8)17(18)19/h2-6H,1H3,(H2,13,15). The van der Waals surface area contributed by atoms with Crippen LogP contribution in [0.25, 0.3) is 0 Å². The fourth-order valence-corrected chi connectivity index (χ4v) is 2.01. The summed E-state index contributed by atoms with van der Waals surface area (Å²) in [5.41, 5.74) is 7.07. The maximum atomic E-state index is 10.8. The lowest BCUT2D eigenvalue weighted by atomic mass is 10.2. The van der Waals surface area contributed by atoms with Crippen LogP contribution in [0.5, 0.6) is 0 Å². The number of nitro benzene ring substituents is 1. The molecule has 0 atom stereocenters. The van der Waals surface area contributed by atoms with Gasteiger partial charge in [0.05, 0.1) is 26.6 Å². The van der Waals surface area contributed by atoms with Crippen molar-refractivity contribution in [3.8, 4) is 0 Å². The van der Waals surface area contributed by atoms with Crippen molar-refractivity contribution < 1.29 is 4.92 Å². The first-order valence-electron chi connectivity index (χ1n) is 5.27. The van der Waals surface area contributed by atoms with Crippen LogP contribution in [0.15, 0.2) is 29.5 Å². The number of nitro groups is 1. The van der Waals surface area contributed by atoms with Gasteiger partial charge in [-0.1, -0.05) is 6.07 Å². The first-order chi connectivity index (χ1) is 8.97. The van der Waals surface area contributed by atoms with Gasteiger partial charge in [-0.05, 0) is 35.6 Å². The summed E-state index contributed by atoms with van der Waals surface area (Å²) in [6.07, 6.45) is 3.17. The topological polar surface area (TPSA) is 99.3 Å². The van der Waals surface area contributed by atoms with Crippen LogP contribution in [0.1, 0.15) is 11.3 Å². The van der Waals surface area contributed by atoms with E-state index in [0.717, 1.165) is 5.69 Å². The Morgan fingerprint density at radius 2 is 2.32 bits per heavy atom. The number of rotatable bonds is 3. The van der Waals surface area contributed by atoms with Crippen molar-refractivity contribution in [3.63, 3.8) is 0 Å². The van der Waals surface area contributed by atoms with E-state index in [2.05, 4.69) is 10.1 Å². The zero-order valence-electron chi connectivity index (χ0n) is 9.95. The van der Waals surface area contributed by atoms with Crippen molar-refractivity contribution in [2.24, 2.45) is 5.10 Å². The number of nitrogen functional groups attached to an aromatic ring is 1. The van der Waals surface area contributed by atoms with E-state index in [-0.39, 0.29) is 11.6 Å². The molecule has 2 aromatic rings. The van der Waals surface area contributed by atoms with E-state index in [1.807, 2.05) is 22.6 Å². The molecule has 0 bridgehead atoms. The molecule has 19 heavy (non-hydrogen) atoms. The van der Waals surface area contributed by atoms with Gasteiger partial charge in [0.25, 0.3) is 5.69 Å². The summed E-state index contributed by atoms with van der Waals surface area (Å²) in [7, 11) is 0. The van der Waals surface area contributed by atoms with E-state index in [1.165, 1.54) is 17.0 Å². The smallest absolute Gasteiger partial charge is 0.283 e. The Balaban J connectivity index is 2.31. The highest BCUT2D eigenvalue weighted by Gasteiger charge is 2.11. The zero-order valence-corrected chi connectivity index (χ0v) is 12.1. The van der Waals surface area contributed by atoms with E-state index in [4.69, 9.17) is 5.73 Å². The third-order valence-corrected chi connectivity index (χ3v) is 3.25. The number of benzene rings is 1. The predicted octanol–water partition coefficient (Wildman–Crippen LogP) is 2.17. The average molecular weight is 371 g/mol. The first kappa shape index (κ1) is 13.5. The van der Waals surface area contributed by atoms with Gasteiger partial charge < -0.3 is 5.73 Å². The van der Waals surface area contributed by atoms with Crippen molar-refractivity contribution >= 4 is 40.4 Å². The lowest BCUT2D eigenvalue weighted by Crippen LogP contribution is -1.98. The van der Waals surface area contributed by atoms with Crippen molar-refractivity contribution in [1.82, 2.24) is 9.66 Å². The van der Waals surface area contributed by atoms with E-state index in [1.54, 1.807) is 25.3 Å². The molecular weight excluding hydrogens is 361 g/mol. The summed E-state index contributed by atoms with van der Waals surface area (Å²) in [6.45, 7) is 1.80. The highest BCUT2D eigenvalue weighted by molar-refractivity contribution is 14.1. The van der Waals surface area contributed by atoms with Gasteiger partial charge in [0.1, 0.15) is 0 Å². The number of aryl methyl sites for hydroxylation is 1. The molecule has 0 aliphatic rings. The Hall–Kier alpha value is -1.97. The molecule has 2 N–H and O–H groups in total. The molecule has 0 aliphatic heterocycles. The quantitative estimate of drug-likeness (QED) is 0.387. The van der Waals surface area contributed by atoms with E-state index in [0.29, 0.717) is 9.13 Å². The molecule has 0 spiro atoms. The van der Waals surface area contributed by atoms with Crippen LogP contribution < -0.4 is 5.73 Å². The minimum absolute atomic E-state index is 0.0549. The fraction of sp³-hybridized carbons (Fsp3) is 0.0909. The molecule has 1 aromatic heterocycles. The molecular formula is C11H10IN5O2. The second-order valence-corrected chi connectivity index (χ2v) is 4.96. The van der Waals surface area contributed by atoms with Gasteiger partial charge >= 0.3 is 0 Å². The number of nitrogens with zero attached hydrogens (tertiary/aromatic N) is 4. The molecule has 1 heterocycles. The molecule has 0 radical (unpaired) electrons. The predicted molar refractivity (Wildman–Crippen MR) is 80.2 cm³/mol. The molecule has 8 heteroatoms. The van der Waals surface area contributed by atoms with E-state index < -0.39 is 4.92 Å². The molecule has 2 rings (SSSR count). The Morgan fingerprint density at radius 1 is 1.58 bits per heavy atom. The Morgan fingerprint density at radius 3 is 2.89 bits per heavy atom. The van der Waals surface area contributed by atoms with Gasteiger partial charge in [0.15, 0.2) is 0 Å². The molecule has 0 fully saturated rings. The molecule has 1 aromatic carbocycles. The summed E-state index contributed by atoms with van der Waals surface area (Å²) >= 11 is 1.92. The van der Waals surface area contributed by atoms with Crippen molar-refractivity contribution in [2.75, 3.05) is 5.73 Å². The lowest BCUT2D eigenvalue weighted by molar-refractivity contribution is -0.385. The van der Waals surface area contributed by atoms with Gasteiger partial charge in [-0.15, -0.1) is 0 Å². The zero-order chi connectivity index (χ0) is 14.0. The number of nitrogens with two attached hydrogens (primary N) is 1. The van der Waals surface area contributed by atoms with Crippen LogP contribution in [0.2, 0.25) is 0 Å². The Labute approximate surface area is 122 Å². The maximum Gasteiger partial charge on any atom is 0.283 e. The van der Waals surface area contributed by atoms with Crippen molar-refractivity contribution in [2.45, 2.75) is 6.92 Å². The number of imidazole rings is 1. The van der Waals surface area contributed by atoms with Crippen molar-refractivity contribution in [3.05, 3.63) is 49.3 Å². The number of hydrogen-bond donors (Lipinski definition) is 1. The third kappa shape index (κ3) is 3.08. The summed E-state index contributed by atoms with van der Waals surface area (Å²) in [4.78, 5) is 14.4. The molecule has 0 saturated heterocycles. The SMILES string of the molecule is Cc1cn(N=Cc2ccc(I)c([N+](=O)[O-])c2)c(N)n1. The molecule has 0 unspecified atom stereocenters. The highest BCUT2D eigenvalue weighted by atomic mass is 127. The summed E-state index contributed by atoms with van der Waals surface area (Å²) < 4.78 is 2.00. The van der Waals surface area contributed by atoms with Crippen LogP contribution in [-0.4, -0.2) is 20.8 Å². The largest absolute Gasteiger partial charge is 0.368 e. The van der Waals surface area contributed by atoms with Gasteiger partial charge in [-0.3, -0.25) is 10.1 Å².